The molecule has 23 heavy (non-hydrogen) atoms. The Morgan fingerprint density at radius 2 is 1.96 bits per heavy atom. The van der Waals surface area contributed by atoms with E-state index in [2.05, 4.69) is 4.98 Å². The van der Waals surface area contributed by atoms with E-state index in [1.165, 1.54) is 0 Å². The van der Waals surface area contributed by atoms with E-state index in [0.717, 1.165) is 5.56 Å². The van der Waals surface area contributed by atoms with Crippen molar-refractivity contribution in [1.82, 2.24) is 9.88 Å². The van der Waals surface area contributed by atoms with Crippen molar-refractivity contribution in [3.63, 3.8) is 0 Å². The van der Waals surface area contributed by atoms with Gasteiger partial charge in [-0.15, -0.1) is 0 Å². The molecule has 0 saturated carbocycles. The summed E-state index contributed by atoms with van der Waals surface area (Å²) in [6.45, 7) is 5.91. The normalized spacial score (nSPS) is 12.4. The van der Waals surface area contributed by atoms with E-state index in [-0.39, 0.29) is 11.9 Å². The molecule has 1 atom stereocenters. The van der Waals surface area contributed by atoms with Crippen LogP contribution in [0.3, 0.4) is 0 Å². The summed E-state index contributed by atoms with van der Waals surface area (Å²) in [5, 5.41) is 9.51. The minimum atomic E-state index is -0.534. The van der Waals surface area contributed by atoms with Gasteiger partial charge in [-0.2, -0.15) is 0 Å². The lowest BCUT2D eigenvalue weighted by Crippen LogP contribution is -2.41. The summed E-state index contributed by atoms with van der Waals surface area (Å²) in [5.41, 5.74) is 0.968. The predicted octanol–water partition coefficient (Wildman–Crippen LogP) is 2.89. The summed E-state index contributed by atoms with van der Waals surface area (Å²) in [4.78, 5) is 18.2. The van der Waals surface area contributed by atoms with Gasteiger partial charge in [0.25, 0.3) is 0 Å². The van der Waals surface area contributed by atoms with E-state index >= 15 is 0 Å². The average molecular weight is 316 g/mol. The minimum Gasteiger partial charge on any atom is -0.441 e. The van der Waals surface area contributed by atoms with Gasteiger partial charge in [0.05, 0.1) is 12.3 Å². The summed E-state index contributed by atoms with van der Waals surface area (Å²) >= 11 is 0. The van der Waals surface area contributed by atoms with Crippen molar-refractivity contribution in [3.05, 3.63) is 42.4 Å². The molecule has 0 aliphatic rings. The van der Waals surface area contributed by atoms with Crippen molar-refractivity contribution >= 4 is 5.91 Å². The lowest BCUT2D eigenvalue weighted by Gasteiger charge is -2.27. The van der Waals surface area contributed by atoms with Crippen LogP contribution in [0.25, 0.3) is 11.3 Å². The molecule has 2 rings (SSSR count). The third kappa shape index (κ3) is 4.93. The quantitative estimate of drug-likeness (QED) is 0.853. The summed E-state index contributed by atoms with van der Waals surface area (Å²) in [7, 11) is 0. The Morgan fingerprint density at radius 1 is 1.26 bits per heavy atom. The Kier molecular flexibility index (Phi) is 5.93. The lowest BCUT2D eigenvalue weighted by molar-refractivity contribution is -0.134. The monoisotopic (exact) mass is 316 g/mol. The number of aliphatic hydroxyl groups is 1. The van der Waals surface area contributed by atoms with E-state index in [1.54, 1.807) is 18.0 Å². The highest BCUT2D eigenvalue weighted by Gasteiger charge is 2.19. The van der Waals surface area contributed by atoms with Crippen molar-refractivity contribution < 1.29 is 14.3 Å². The number of hydrogen-bond acceptors (Lipinski definition) is 4. The van der Waals surface area contributed by atoms with Gasteiger partial charge in [-0.25, -0.2) is 4.98 Å². The number of aliphatic hydroxyl groups excluding tert-OH is 1. The first-order valence-electron chi connectivity index (χ1n) is 7.95. The molecule has 1 heterocycles. The van der Waals surface area contributed by atoms with Gasteiger partial charge in [0.1, 0.15) is 0 Å². The van der Waals surface area contributed by atoms with Gasteiger partial charge in [-0.1, -0.05) is 30.3 Å². The smallest absolute Gasteiger partial charge is 0.223 e. The Morgan fingerprint density at radius 3 is 2.57 bits per heavy atom. The number of hydrogen-bond donors (Lipinski definition) is 1. The molecule has 5 heteroatoms. The zero-order valence-electron chi connectivity index (χ0n) is 13.9. The second kappa shape index (κ2) is 7.92. The van der Waals surface area contributed by atoms with Crippen molar-refractivity contribution in [2.24, 2.45) is 0 Å². The van der Waals surface area contributed by atoms with Crippen LogP contribution in [0.1, 0.15) is 33.1 Å². The summed E-state index contributed by atoms with van der Waals surface area (Å²) in [6.07, 6.45) is 1.92. The largest absolute Gasteiger partial charge is 0.441 e. The van der Waals surface area contributed by atoms with Crippen LogP contribution in [0.4, 0.5) is 0 Å². The Bertz CT molecular complexity index is 620. The second-order valence-corrected chi connectivity index (χ2v) is 5.97. The van der Waals surface area contributed by atoms with Gasteiger partial charge in [0.15, 0.2) is 11.7 Å². The number of aromatic nitrogens is 1. The molecular weight excluding hydrogens is 292 g/mol. The van der Waals surface area contributed by atoms with Gasteiger partial charge in [-0.05, 0) is 20.8 Å². The zero-order chi connectivity index (χ0) is 16.8. The van der Waals surface area contributed by atoms with Crippen LogP contribution in [-0.4, -0.2) is 39.6 Å². The molecule has 2 aromatic rings. The average Bonchev–Trinajstić information content (AvgIpc) is 2.99. The number of benzene rings is 1. The Hall–Kier alpha value is -2.14. The number of carbonyl (C=O) groups excluding carboxylic acids is 1. The molecule has 1 aromatic carbocycles. The van der Waals surface area contributed by atoms with Crippen LogP contribution in [0.5, 0.6) is 0 Å². The van der Waals surface area contributed by atoms with Crippen LogP contribution in [0.2, 0.25) is 0 Å². The first-order chi connectivity index (χ1) is 11.0. The molecular formula is C18H24N2O3. The maximum Gasteiger partial charge on any atom is 0.223 e. The van der Waals surface area contributed by atoms with Gasteiger partial charge < -0.3 is 14.4 Å². The van der Waals surface area contributed by atoms with Crippen LogP contribution in [-0.2, 0) is 11.2 Å². The first kappa shape index (κ1) is 17.2. The molecule has 5 nitrogen and oxygen atoms in total. The SMILES string of the molecule is CC(O)CN(C(=O)CCc1ncc(-c2ccccc2)o1)C(C)C. The second-order valence-electron chi connectivity index (χ2n) is 5.97. The molecule has 0 spiro atoms. The van der Waals surface area contributed by atoms with E-state index in [0.29, 0.717) is 31.0 Å². The summed E-state index contributed by atoms with van der Waals surface area (Å²) < 4.78 is 5.71. The number of nitrogens with zero attached hydrogens (tertiary/aromatic N) is 2. The predicted molar refractivity (Wildman–Crippen MR) is 88.8 cm³/mol. The van der Waals surface area contributed by atoms with Crippen LogP contribution >= 0.6 is 0 Å². The standard InChI is InChI=1S/C18H24N2O3/c1-13(2)20(12-14(3)21)18(22)10-9-17-19-11-16(23-17)15-7-5-4-6-8-15/h4-8,11,13-14,21H,9-10,12H2,1-3H3. The van der Waals surface area contributed by atoms with Crippen molar-refractivity contribution in [2.45, 2.75) is 45.8 Å². The van der Waals surface area contributed by atoms with Crippen molar-refractivity contribution in [2.75, 3.05) is 6.54 Å². The third-order valence-electron chi connectivity index (χ3n) is 3.57. The molecule has 0 radical (unpaired) electrons. The highest BCUT2D eigenvalue weighted by molar-refractivity contribution is 5.76. The minimum absolute atomic E-state index is 0.000334. The molecule has 0 saturated heterocycles. The molecule has 0 aliphatic heterocycles. The van der Waals surface area contributed by atoms with Crippen LogP contribution < -0.4 is 0 Å². The van der Waals surface area contributed by atoms with Gasteiger partial charge in [-0.3, -0.25) is 4.79 Å². The maximum atomic E-state index is 12.3. The third-order valence-corrected chi connectivity index (χ3v) is 3.57. The number of amides is 1. The molecule has 0 fully saturated rings. The molecule has 0 bridgehead atoms. The summed E-state index contributed by atoms with van der Waals surface area (Å²) in [5.74, 6) is 1.26. The topological polar surface area (TPSA) is 66.6 Å². The first-order valence-corrected chi connectivity index (χ1v) is 7.95. The van der Waals surface area contributed by atoms with Crippen molar-refractivity contribution in [1.29, 1.82) is 0 Å². The number of aryl methyl sites for hydroxylation is 1. The van der Waals surface area contributed by atoms with E-state index < -0.39 is 6.10 Å². The van der Waals surface area contributed by atoms with E-state index in [4.69, 9.17) is 4.42 Å². The van der Waals surface area contributed by atoms with E-state index in [9.17, 15) is 9.90 Å². The molecule has 124 valence electrons. The molecule has 1 unspecified atom stereocenters. The number of oxazole rings is 1. The molecule has 1 N–H and O–H groups in total. The Balaban J connectivity index is 1.95. The Labute approximate surface area is 137 Å². The molecule has 1 aromatic heterocycles. The highest BCUT2D eigenvalue weighted by atomic mass is 16.4. The molecule has 1 amide bonds. The number of carbonyl (C=O) groups is 1. The lowest BCUT2D eigenvalue weighted by atomic mass is 10.2. The summed E-state index contributed by atoms with van der Waals surface area (Å²) in [6, 6.07) is 9.80. The van der Waals surface area contributed by atoms with E-state index in [1.807, 2.05) is 44.2 Å². The molecule has 0 aliphatic carbocycles. The van der Waals surface area contributed by atoms with Gasteiger partial charge in [0.2, 0.25) is 5.91 Å². The van der Waals surface area contributed by atoms with Crippen molar-refractivity contribution in [3.8, 4) is 11.3 Å². The fourth-order valence-corrected chi connectivity index (χ4v) is 2.40. The van der Waals surface area contributed by atoms with Crippen LogP contribution in [0.15, 0.2) is 40.9 Å². The number of rotatable bonds is 7. The van der Waals surface area contributed by atoms with Gasteiger partial charge in [0, 0.05) is 31.0 Å². The van der Waals surface area contributed by atoms with Gasteiger partial charge >= 0.3 is 0 Å². The highest BCUT2D eigenvalue weighted by Crippen LogP contribution is 2.20. The fraction of sp³-hybridized carbons (Fsp3) is 0.444. The van der Waals surface area contributed by atoms with Crippen LogP contribution in [0, 0.1) is 0 Å². The fourth-order valence-electron chi connectivity index (χ4n) is 2.40. The maximum absolute atomic E-state index is 12.3. The zero-order valence-corrected chi connectivity index (χ0v) is 13.9.